The molecule has 1 aromatic carbocycles. The number of methoxy groups -OCH3 is 1. The van der Waals surface area contributed by atoms with Crippen molar-refractivity contribution in [1.29, 1.82) is 0 Å². The summed E-state index contributed by atoms with van der Waals surface area (Å²) in [5.41, 5.74) is 1.33. The minimum Gasteiger partial charge on any atom is -0.472 e. The number of rotatable bonds is 5. The average Bonchev–Trinajstić information content (AvgIpc) is 2.61. The maximum atomic E-state index is 14.3. The second-order valence-electron chi connectivity index (χ2n) is 5.92. The van der Waals surface area contributed by atoms with E-state index >= 15 is 0 Å². The molecule has 1 atom stereocenters. The Morgan fingerprint density at radius 2 is 2.12 bits per heavy atom. The van der Waals surface area contributed by atoms with Crippen molar-refractivity contribution in [2.24, 2.45) is 0 Å². The first kappa shape index (κ1) is 18.3. The Labute approximate surface area is 149 Å². The fraction of sp³-hybridized carbons (Fsp3) is 0.368. The van der Waals surface area contributed by atoms with Crippen LogP contribution in [-0.4, -0.2) is 37.4 Å². The van der Waals surface area contributed by atoms with Gasteiger partial charge in [-0.1, -0.05) is 0 Å². The molecule has 7 heteroatoms. The molecule has 0 amide bonds. The Kier molecular flexibility index (Phi) is 5.46. The number of benzene rings is 1. The number of fused-ring (bicyclic) bond motifs is 1. The van der Waals surface area contributed by atoms with Gasteiger partial charge in [-0.05, 0) is 43.5 Å². The second kappa shape index (κ2) is 7.78. The van der Waals surface area contributed by atoms with Crippen LogP contribution in [0.5, 0.6) is 5.88 Å². The third-order valence-corrected chi connectivity index (χ3v) is 4.14. The van der Waals surface area contributed by atoms with E-state index in [1.807, 2.05) is 0 Å². The Bertz CT molecular complexity index is 825. The average molecular weight is 363 g/mol. The molecule has 0 spiro atoms. The second-order valence-corrected chi connectivity index (χ2v) is 5.92. The van der Waals surface area contributed by atoms with Gasteiger partial charge in [-0.3, -0.25) is 0 Å². The minimum atomic E-state index is -0.716. The first-order valence-corrected chi connectivity index (χ1v) is 8.35. The molecule has 3 rings (SSSR count). The van der Waals surface area contributed by atoms with Crippen LogP contribution in [0.25, 0.3) is 11.1 Å². The molecule has 26 heavy (non-hydrogen) atoms. The van der Waals surface area contributed by atoms with Gasteiger partial charge in [0.15, 0.2) is 5.69 Å². The van der Waals surface area contributed by atoms with Gasteiger partial charge in [0.2, 0.25) is 5.88 Å². The molecule has 0 N–H and O–H groups in total. The number of carbonyl (C=O) groups is 1. The van der Waals surface area contributed by atoms with Crippen molar-refractivity contribution in [2.45, 2.75) is 25.9 Å². The van der Waals surface area contributed by atoms with Gasteiger partial charge < -0.3 is 14.2 Å². The van der Waals surface area contributed by atoms with Crippen LogP contribution < -0.4 is 4.74 Å². The Hall–Kier alpha value is -2.54. The fourth-order valence-corrected chi connectivity index (χ4v) is 2.97. The molecular weight excluding hydrogens is 344 g/mol. The number of esters is 1. The summed E-state index contributed by atoms with van der Waals surface area (Å²) in [7, 11) is 1.57. The molecule has 1 aliphatic rings. The molecule has 0 bridgehead atoms. The summed E-state index contributed by atoms with van der Waals surface area (Å²) < 4.78 is 43.6. The summed E-state index contributed by atoms with van der Waals surface area (Å²) in [6.07, 6.45) is 1.03. The number of ether oxygens (including phenoxy) is 3. The van der Waals surface area contributed by atoms with Gasteiger partial charge in [-0.15, -0.1) is 0 Å². The van der Waals surface area contributed by atoms with Crippen molar-refractivity contribution < 1.29 is 27.8 Å². The zero-order chi connectivity index (χ0) is 18.7. The van der Waals surface area contributed by atoms with Crippen LogP contribution in [0.15, 0.2) is 24.3 Å². The number of pyridine rings is 1. The third kappa shape index (κ3) is 3.67. The van der Waals surface area contributed by atoms with Crippen molar-refractivity contribution in [2.75, 3.05) is 20.3 Å². The number of carbonyl (C=O) groups excluding carboxylic acids is 1. The van der Waals surface area contributed by atoms with Crippen LogP contribution in [0.1, 0.15) is 29.4 Å². The molecule has 2 aromatic rings. The molecule has 0 radical (unpaired) electrons. The SMILES string of the molecule is CCOC(=O)c1cc(-c2ccc(F)cc2F)c2c(n1)OC(COC)CC2. The minimum absolute atomic E-state index is 0.0161. The molecule has 1 unspecified atom stereocenters. The lowest BCUT2D eigenvalue weighted by Crippen LogP contribution is -2.28. The Morgan fingerprint density at radius 1 is 1.31 bits per heavy atom. The maximum absolute atomic E-state index is 14.3. The fourth-order valence-electron chi connectivity index (χ4n) is 2.97. The van der Waals surface area contributed by atoms with Gasteiger partial charge in [0.1, 0.15) is 17.7 Å². The lowest BCUT2D eigenvalue weighted by atomic mass is 9.94. The van der Waals surface area contributed by atoms with Gasteiger partial charge in [0, 0.05) is 24.3 Å². The number of halogens is 2. The monoisotopic (exact) mass is 363 g/mol. The topological polar surface area (TPSA) is 57.7 Å². The zero-order valence-electron chi connectivity index (χ0n) is 14.6. The first-order valence-electron chi connectivity index (χ1n) is 8.35. The molecule has 0 saturated heterocycles. The zero-order valence-corrected chi connectivity index (χ0v) is 14.6. The van der Waals surface area contributed by atoms with Crippen LogP contribution in [0.2, 0.25) is 0 Å². The van der Waals surface area contributed by atoms with Gasteiger partial charge in [-0.25, -0.2) is 18.6 Å². The Balaban J connectivity index is 2.11. The molecule has 0 saturated carbocycles. The molecule has 1 aliphatic heterocycles. The van der Waals surface area contributed by atoms with Crippen molar-refractivity contribution in [3.63, 3.8) is 0 Å². The molecule has 1 aromatic heterocycles. The molecule has 0 aliphatic carbocycles. The maximum Gasteiger partial charge on any atom is 0.357 e. The highest BCUT2D eigenvalue weighted by atomic mass is 19.1. The summed E-state index contributed by atoms with van der Waals surface area (Å²) in [5, 5.41) is 0. The summed E-state index contributed by atoms with van der Waals surface area (Å²) in [4.78, 5) is 16.4. The standard InChI is InChI=1S/C19H19F2NO4/c1-3-25-19(23)17-9-15(13-6-4-11(20)8-16(13)21)14-7-5-12(10-24-2)26-18(14)22-17/h4,6,8-9,12H,3,5,7,10H2,1-2H3. The van der Waals surface area contributed by atoms with Crippen molar-refractivity contribution in [1.82, 2.24) is 4.98 Å². The summed E-state index contributed by atoms with van der Waals surface area (Å²) >= 11 is 0. The Morgan fingerprint density at radius 3 is 2.81 bits per heavy atom. The van der Waals surface area contributed by atoms with E-state index in [9.17, 15) is 13.6 Å². The van der Waals surface area contributed by atoms with E-state index in [4.69, 9.17) is 14.2 Å². The van der Waals surface area contributed by atoms with E-state index in [1.165, 1.54) is 18.2 Å². The van der Waals surface area contributed by atoms with Crippen molar-refractivity contribution in [3.05, 3.63) is 47.2 Å². The molecule has 2 heterocycles. The van der Waals surface area contributed by atoms with Crippen LogP contribution in [-0.2, 0) is 15.9 Å². The van der Waals surface area contributed by atoms with Gasteiger partial charge in [0.25, 0.3) is 0 Å². The largest absolute Gasteiger partial charge is 0.472 e. The van der Waals surface area contributed by atoms with E-state index in [1.54, 1.807) is 14.0 Å². The highest BCUT2D eigenvalue weighted by Gasteiger charge is 2.27. The van der Waals surface area contributed by atoms with E-state index in [-0.39, 0.29) is 29.8 Å². The van der Waals surface area contributed by atoms with Crippen LogP contribution >= 0.6 is 0 Å². The van der Waals surface area contributed by atoms with Crippen LogP contribution in [0, 0.1) is 11.6 Å². The lowest BCUT2D eigenvalue weighted by Gasteiger charge is -2.27. The van der Waals surface area contributed by atoms with Crippen molar-refractivity contribution in [3.8, 4) is 17.0 Å². The van der Waals surface area contributed by atoms with E-state index in [0.717, 1.165) is 6.07 Å². The molecule has 0 fully saturated rings. The molecule has 138 valence electrons. The number of hydrogen-bond acceptors (Lipinski definition) is 5. The third-order valence-electron chi connectivity index (χ3n) is 4.14. The predicted molar refractivity (Wildman–Crippen MR) is 90.2 cm³/mol. The van der Waals surface area contributed by atoms with Gasteiger partial charge in [0.05, 0.1) is 13.2 Å². The molecular formula is C19H19F2NO4. The lowest BCUT2D eigenvalue weighted by molar-refractivity contribution is 0.0506. The quantitative estimate of drug-likeness (QED) is 0.761. The predicted octanol–water partition coefficient (Wildman–Crippen LogP) is 3.54. The first-order chi connectivity index (χ1) is 12.5. The summed E-state index contributed by atoms with van der Waals surface area (Å²) in [6, 6.07) is 4.79. The van der Waals surface area contributed by atoms with E-state index in [0.29, 0.717) is 30.6 Å². The summed E-state index contributed by atoms with van der Waals surface area (Å²) in [6.45, 7) is 2.25. The van der Waals surface area contributed by atoms with Gasteiger partial charge in [-0.2, -0.15) is 0 Å². The van der Waals surface area contributed by atoms with E-state index < -0.39 is 17.6 Å². The van der Waals surface area contributed by atoms with Gasteiger partial charge >= 0.3 is 5.97 Å². The van der Waals surface area contributed by atoms with Crippen LogP contribution in [0.3, 0.4) is 0 Å². The highest BCUT2D eigenvalue weighted by Crippen LogP contribution is 2.36. The normalized spacial score (nSPS) is 15.9. The number of hydrogen-bond donors (Lipinski definition) is 0. The van der Waals surface area contributed by atoms with Crippen molar-refractivity contribution >= 4 is 5.97 Å². The van der Waals surface area contributed by atoms with E-state index in [2.05, 4.69) is 4.98 Å². The van der Waals surface area contributed by atoms with Crippen LogP contribution in [0.4, 0.5) is 8.78 Å². The number of aromatic nitrogens is 1. The summed E-state index contributed by atoms with van der Waals surface area (Å²) in [5.74, 6) is -1.76. The number of nitrogens with zero attached hydrogens (tertiary/aromatic N) is 1. The molecule has 5 nitrogen and oxygen atoms in total. The highest BCUT2D eigenvalue weighted by molar-refractivity contribution is 5.90. The smallest absolute Gasteiger partial charge is 0.357 e.